The lowest BCUT2D eigenvalue weighted by Crippen LogP contribution is -2.31. The highest BCUT2D eigenvalue weighted by atomic mass is 79.9. The lowest BCUT2D eigenvalue weighted by Gasteiger charge is -2.24. The summed E-state index contributed by atoms with van der Waals surface area (Å²) in [5.74, 6) is 2.42. The van der Waals surface area contributed by atoms with Crippen molar-refractivity contribution in [2.24, 2.45) is 5.92 Å². The van der Waals surface area contributed by atoms with Gasteiger partial charge < -0.3 is 14.8 Å². The summed E-state index contributed by atoms with van der Waals surface area (Å²) in [7, 11) is 3.38. The number of rotatable bonds is 4. The maximum absolute atomic E-state index is 5.48. The van der Waals surface area contributed by atoms with Crippen LogP contribution in [0, 0.1) is 5.92 Å². The molecule has 1 atom stereocenters. The first-order chi connectivity index (χ1) is 8.74. The van der Waals surface area contributed by atoms with Crippen molar-refractivity contribution in [1.29, 1.82) is 0 Å². The highest BCUT2D eigenvalue weighted by Crippen LogP contribution is 2.34. The lowest BCUT2D eigenvalue weighted by atomic mass is 9.92. The van der Waals surface area contributed by atoms with E-state index in [1.165, 1.54) is 18.4 Å². The van der Waals surface area contributed by atoms with Crippen molar-refractivity contribution in [3.8, 4) is 11.5 Å². The number of hydrogen-bond acceptors (Lipinski definition) is 3. The van der Waals surface area contributed by atoms with E-state index in [0.29, 0.717) is 5.92 Å². The van der Waals surface area contributed by atoms with Crippen LogP contribution in [0.4, 0.5) is 0 Å². The Balaban J connectivity index is 2.19. The van der Waals surface area contributed by atoms with Crippen molar-refractivity contribution in [2.75, 3.05) is 27.3 Å². The number of methoxy groups -OCH3 is 2. The number of ether oxygens (including phenoxy) is 2. The zero-order valence-corrected chi connectivity index (χ0v) is 12.5. The predicted molar refractivity (Wildman–Crippen MR) is 76.5 cm³/mol. The second kappa shape index (κ2) is 6.43. The Morgan fingerprint density at radius 2 is 2.17 bits per heavy atom. The normalized spacial score (nSPS) is 19.6. The molecule has 0 spiro atoms. The summed E-state index contributed by atoms with van der Waals surface area (Å²) < 4.78 is 11.8. The molecule has 1 fully saturated rings. The monoisotopic (exact) mass is 313 g/mol. The summed E-state index contributed by atoms with van der Waals surface area (Å²) in [4.78, 5) is 0. The highest BCUT2D eigenvalue weighted by molar-refractivity contribution is 9.10. The van der Waals surface area contributed by atoms with Crippen molar-refractivity contribution in [3.63, 3.8) is 0 Å². The van der Waals surface area contributed by atoms with Crippen LogP contribution in [-0.2, 0) is 6.42 Å². The van der Waals surface area contributed by atoms with Crippen LogP contribution in [0.15, 0.2) is 16.6 Å². The number of halogens is 1. The molecule has 0 bridgehead atoms. The van der Waals surface area contributed by atoms with Crippen molar-refractivity contribution in [3.05, 3.63) is 22.2 Å². The molecule has 18 heavy (non-hydrogen) atoms. The first-order valence-corrected chi connectivity index (χ1v) is 7.15. The molecule has 1 aliphatic heterocycles. The zero-order chi connectivity index (χ0) is 13.0. The number of piperidine rings is 1. The molecule has 100 valence electrons. The first kappa shape index (κ1) is 13.7. The molecule has 4 heteroatoms. The molecule has 1 aromatic rings. The summed E-state index contributed by atoms with van der Waals surface area (Å²) in [6.45, 7) is 2.25. The summed E-state index contributed by atoms with van der Waals surface area (Å²) in [6.07, 6.45) is 3.59. The quantitative estimate of drug-likeness (QED) is 0.927. The van der Waals surface area contributed by atoms with E-state index >= 15 is 0 Å². The third-order valence-corrected chi connectivity index (χ3v) is 4.18. The predicted octanol–water partition coefficient (Wildman–Crippen LogP) is 3.01. The molecule has 1 N–H and O–H groups in total. The van der Waals surface area contributed by atoms with Gasteiger partial charge in [0, 0.05) is 16.1 Å². The Hall–Kier alpha value is -0.740. The van der Waals surface area contributed by atoms with E-state index in [1.54, 1.807) is 14.2 Å². The largest absolute Gasteiger partial charge is 0.497 e. The van der Waals surface area contributed by atoms with Crippen molar-refractivity contribution >= 4 is 15.9 Å². The van der Waals surface area contributed by atoms with Crippen LogP contribution in [0.3, 0.4) is 0 Å². The second-order valence-corrected chi connectivity index (χ2v) is 5.56. The van der Waals surface area contributed by atoms with Gasteiger partial charge in [0.25, 0.3) is 0 Å². The van der Waals surface area contributed by atoms with E-state index in [9.17, 15) is 0 Å². The van der Waals surface area contributed by atoms with Crippen molar-refractivity contribution in [1.82, 2.24) is 5.32 Å². The molecule has 0 aromatic heterocycles. The van der Waals surface area contributed by atoms with Crippen LogP contribution < -0.4 is 14.8 Å². The van der Waals surface area contributed by atoms with E-state index in [4.69, 9.17) is 9.47 Å². The minimum Gasteiger partial charge on any atom is -0.497 e. The Morgan fingerprint density at radius 3 is 2.78 bits per heavy atom. The van der Waals surface area contributed by atoms with Gasteiger partial charge >= 0.3 is 0 Å². The molecule has 1 heterocycles. The Bertz CT molecular complexity index is 403. The SMILES string of the molecule is COc1cc(Br)c(CC2CCCNC2)c(OC)c1. The van der Waals surface area contributed by atoms with Crippen LogP contribution in [0.5, 0.6) is 11.5 Å². The van der Waals surface area contributed by atoms with Gasteiger partial charge in [0.15, 0.2) is 0 Å². The molecule has 0 radical (unpaired) electrons. The molecular formula is C14H20BrNO2. The molecule has 1 aliphatic rings. The van der Waals surface area contributed by atoms with Crippen LogP contribution in [0.25, 0.3) is 0 Å². The summed E-state index contributed by atoms with van der Waals surface area (Å²) in [5, 5.41) is 3.45. The summed E-state index contributed by atoms with van der Waals surface area (Å²) >= 11 is 3.63. The minimum atomic E-state index is 0.692. The first-order valence-electron chi connectivity index (χ1n) is 6.35. The van der Waals surface area contributed by atoms with Gasteiger partial charge in [-0.05, 0) is 44.3 Å². The average molecular weight is 314 g/mol. The minimum absolute atomic E-state index is 0.692. The van der Waals surface area contributed by atoms with Crippen LogP contribution >= 0.6 is 15.9 Å². The maximum Gasteiger partial charge on any atom is 0.126 e. The zero-order valence-electron chi connectivity index (χ0n) is 11.0. The molecule has 0 aliphatic carbocycles. The third-order valence-electron chi connectivity index (χ3n) is 3.48. The smallest absolute Gasteiger partial charge is 0.126 e. The van der Waals surface area contributed by atoms with Crippen LogP contribution in [-0.4, -0.2) is 27.3 Å². The maximum atomic E-state index is 5.48. The fourth-order valence-electron chi connectivity index (χ4n) is 2.47. The van der Waals surface area contributed by atoms with Gasteiger partial charge in [-0.1, -0.05) is 15.9 Å². The van der Waals surface area contributed by atoms with Crippen molar-refractivity contribution in [2.45, 2.75) is 19.3 Å². The second-order valence-electron chi connectivity index (χ2n) is 4.71. The molecule has 1 unspecified atom stereocenters. The standard InChI is InChI=1S/C14H20BrNO2/c1-17-11-7-13(15)12(14(8-11)18-2)6-10-4-3-5-16-9-10/h7-8,10,16H,3-6,9H2,1-2H3. The van der Waals surface area contributed by atoms with E-state index in [-0.39, 0.29) is 0 Å². The molecule has 0 amide bonds. The van der Waals surface area contributed by atoms with Crippen LogP contribution in [0.2, 0.25) is 0 Å². The Kier molecular flexibility index (Phi) is 4.89. The van der Waals surface area contributed by atoms with E-state index in [2.05, 4.69) is 21.2 Å². The topological polar surface area (TPSA) is 30.5 Å². The molecule has 3 nitrogen and oxygen atoms in total. The van der Waals surface area contributed by atoms with Gasteiger partial charge in [-0.15, -0.1) is 0 Å². The van der Waals surface area contributed by atoms with Crippen LogP contribution in [0.1, 0.15) is 18.4 Å². The van der Waals surface area contributed by atoms with Gasteiger partial charge in [0.2, 0.25) is 0 Å². The number of hydrogen-bond donors (Lipinski definition) is 1. The lowest BCUT2D eigenvalue weighted by molar-refractivity contribution is 0.360. The average Bonchev–Trinajstić information content (AvgIpc) is 2.42. The van der Waals surface area contributed by atoms with Crippen molar-refractivity contribution < 1.29 is 9.47 Å². The molecule has 0 saturated carbocycles. The van der Waals surface area contributed by atoms with E-state index in [0.717, 1.165) is 35.5 Å². The van der Waals surface area contributed by atoms with Gasteiger partial charge in [0.1, 0.15) is 11.5 Å². The molecule has 2 rings (SSSR count). The molecular weight excluding hydrogens is 294 g/mol. The number of nitrogens with one attached hydrogen (secondary N) is 1. The van der Waals surface area contributed by atoms with Gasteiger partial charge in [-0.3, -0.25) is 0 Å². The summed E-state index contributed by atoms with van der Waals surface area (Å²) in [5.41, 5.74) is 1.24. The highest BCUT2D eigenvalue weighted by Gasteiger charge is 2.18. The van der Waals surface area contributed by atoms with Gasteiger partial charge in [0.05, 0.1) is 14.2 Å². The fourth-order valence-corrected chi connectivity index (χ4v) is 3.06. The molecule has 1 aromatic carbocycles. The molecule has 1 saturated heterocycles. The van der Waals surface area contributed by atoms with E-state index in [1.807, 2.05) is 12.1 Å². The fraction of sp³-hybridized carbons (Fsp3) is 0.571. The summed E-state index contributed by atoms with van der Waals surface area (Å²) in [6, 6.07) is 3.96. The Labute approximate surface area is 117 Å². The van der Waals surface area contributed by atoms with E-state index < -0.39 is 0 Å². The third kappa shape index (κ3) is 3.18. The van der Waals surface area contributed by atoms with Gasteiger partial charge in [-0.2, -0.15) is 0 Å². The Morgan fingerprint density at radius 1 is 1.33 bits per heavy atom. The number of benzene rings is 1. The van der Waals surface area contributed by atoms with Gasteiger partial charge in [-0.25, -0.2) is 0 Å².